The average Bonchev–Trinajstić information content (AvgIpc) is 3.60. The second-order valence-electron chi connectivity index (χ2n) is 10.0. The lowest BCUT2D eigenvalue weighted by Crippen LogP contribution is -2.50. The molecule has 0 spiro atoms. The first-order valence-corrected chi connectivity index (χ1v) is 12.7. The van der Waals surface area contributed by atoms with E-state index in [4.69, 9.17) is 4.42 Å². The van der Waals surface area contributed by atoms with E-state index in [9.17, 15) is 9.59 Å². The highest BCUT2D eigenvalue weighted by molar-refractivity contribution is 5.94. The summed E-state index contributed by atoms with van der Waals surface area (Å²) in [6.45, 7) is 0.731. The number of nitrogens with zero attached hydrogens (tertiary/aromatic N) is 1. The number of anilines is 1. The van der Waals surface area contributed by atoms with Crippen LogP contribution >= 0.6 is 0 Å². The quantitative estimate of drug-likeness (QED) is 0.542. The highest BCUT2D eigenvalue weighted by atomic mass is 16.3. The molecule has 0 bridgehead atoms. The molecule has 6 nitrogen and oxygen atoms in total. The molecule has 35 heavy (non-hydrogen) atoms. The fourth-order valence-corrected chi connectivity index (χ4v) is 6.41. The lowest BCUT2D eigenvalue weighted by atomic mass is 9.79. The number of hydrogen-bond acceptors (Lipinski definition) is 4. The van der Waals surface area contributed by atoms with Crippen LogP contribution in [0.3, 0.4) is 0 Å². The van der Waals surface area contributed by atoms with Crippen LogP contribution in [0.2, 0.25) is 0 Å². The van der Waals surface area contributed by atoms with Crippen molar-refractivity contribution in [2.24, 2.45) is 11.8 Å². The SMILES string of the molecule is O=C(N[C@@H]1CCCC[C@@H]1C(=O)N1CC[C@@H]2[C@@H](c3ccoc3)Nc3ccccc3[C@H]21)c1ccccc1. The Morgan fingerprint density at radius 3 is 2.57 bits per heavy atom. The lowest BCUT2D eigenvalue weighted by molar-refractivity contribution is -0.138. The molecule has 3 aromatic rings. The highest BCUT2D eigenvalue weighted by Gasteiger charge is 2.48. The van der Waals surface area contributed by atoms with Gasteiger partial charge in [-0.25, -0.2) is 0 Å². The van der Waals surface area contributed by atoms with E-state index in [0.717, 1.165) is 49.9 Å². The molecule has 0 unspecified atom stereocenters. The van der Waals surface area contributed by atoms with Crippen LogP contribution in [0.25, 0.3) is 0 Å². The molecule has 3 heterocycles. The normalized spacial score (nSPS) is 27.4. The molecule has 1 saturated carbocycles. The Labute approximate surface area is 205 Å². The number of nitrogens with one attached hydrogen (secondary N) is 2. The van der Waals surface area contributed by atoms with Crippen LogP contribution in [0, 0.1) is 11.8 Å². The first-order chi connectivity index (χ1) is 17.2. The molecule has 2 amide bonds. The molecule has 6 rings (SSSR count). The largest absolute Gasteiger partial charge is 0.472 e. The summed E-state index contributed by atoms with van der Waals surface area (Å²) < 4.78 is 5.40. The van der Waals surface area contributed by atoms with E-state index in [-0.39, 0.29) is 41.8 Å². The molecule has 180 valence electrons. The number of benzene rings is 2. The third kappa shape index (κ3) is 4.01. The summed E-state index contributed by atoms with van der Waals surface area (Å²) in [4.78, 5) is 29.1. The van der Waals surface area contributed by atoms with E-state index >= 15 is 0 Å². The summed E-state index contributed by atoms with van der Waals surface area (Å²) in [6.07, 6.45) is 8.16. The summed E-state index contributed by atoms with van der Waals surface area (Å²) in [5.74, 6) is 0.164. The Hall–Kier alpha value is -3.54. The smallest absolute Gasteiger partial charge is 0.251 e. The number of furan rings is 1. The molecule has 2 fully saturated rings. The maximum absolute atomic E-state index is 14.1. The molecule has 3 aliphatic rings. The molecule has 1 saturated heterocycles. The monoisotopic (exact) mass is 469 g/mol. The summed E-state index contributed by atoms with van der Waals surface area (Å²) in [6, 6.07) is 19.6. The average molecular weight is 470 g/mol. The van der Waals surface area contributed by atoms with Crippen molar-refractivity contribution in [3.8, 4) is 0 Å². The van der Waals surface area contributed by atoms with Crippen molar-refractivity contribution in [2.75, 3.05) is 11.9 Å². The maximum Gasteiger partial charge on any atom is 0.251 e. The van der Waals surface area contributed by atoms with Gasteiger partial charge in [-0.2, -0.15) is 0 Å². The second kappa shape index (κ2) is 9.25. The molecule has 1 aliphatic carbocycles. The van der Waals surface area contributed by atoms with Gasteiger partial charge in [0, 0.05) is 35.3 Å². The summed E-state index contributed by atoms with van der Waals surface area (Å²) in [5, 5.41) is 6.91. The lowest BCUT2D eigenvalue weighted by Gasteiger charge is -2.41. The zero-order valence-electron chi connectivity index (χ0n) is 19.7. The Bertz CT molecular complexity index is 1190. The zero-order valence-corrected chi connectivity index (χ0v) is 19.7. The number of hydrogen-bond donors (Lipinski definition) is 2. The Balaban J connectivity index is 1.27. The topological polar surface area (TPSA) is 74.6 Å². The summed E-state index contributed by atoms with van der Waals surface area (Å²) in [7, 11) is 0. The molecular weight excluding hydrogens is 438 g/mol. The Kier molecular flexibility index (Phi) is 5.80. The van der Waals surface area contributed by atoms with Crippen LogP contribution in [0.15, 0.2) is 77.6 Å². The van der Waals surface area contributed by atoms with Gasteiger partial charge in [-0.1, -0.05) is 49.2 Å². The number of fused-ring (bicyclic) bond motifs is 3. The van der Waals surface area contributed by atoms with E-state index in [1.54, 1.807) is 6.26 Å². The number of para-hydroxylation sites is 1. The number of rotatable bonds is 4. The first-order valence-electron chi connectivity index (χ1n) is 12.7. The number of amides is 2. The van der Waals surface area contributed by atoms with Crippen molar-refractivity contribution in [1.29, 1.82) is 0 Å². The van der Waals surface area contributed by atoms with Crippen molar-refractivity contribution in [1.82, 2.24) is 10.2 Å². The van der Waals surface area contributed by atoms with Crippen LogP contribution in [-0.2, 0) is 4.79 Å². The van der Waals surface area contributed by atoms with Crippen LogP contribution in [-0.4, -0.2) is 29.3 Å². The first kappa shape index (κ1) is 22.0. The van der Waals surface area contributed by atoms with Gasteiger partial charge in [0.05, 0.1) is 30.5 Å². The molecule has 2 N–H and O–H groups in total. The molecular formula is C29H31N3O3. The van der Waals surface area contributed by atoms with Crippen LogP contribution in [0.5, 0.6) is 0 Å². The number of carbonyl (C=O) groups is 2. The third-order valence-electron chi connectivity index (χ3n) is 8.08. The summed E-state index contributed by atoms with van der Waals surface area (Å²) >= 11 is 0. The molecule has 5 atom stereocenters. The molecule has 6 heteroatoms. The maximum atomic E-state index is 14.1. The minimum Gasteiger partial charge on any atom is -0.472 e. The van der Waals surface area contributed by atoms with Gasteiger partial charge in [-0.3, -0.25) is 9.59 Å². The standard InChI is InChI=1S/C29H31N3O3/c33-28(19-8-2-1-3-9-19)31-25-13-7-5-11-22(25)29(34)32-16-14-23-26(20-15-17-35-18-20)30-24-12-6-4-10-21(24)27(23)32/h1-4,6,8-10,12,15,17-18,22-23,25-27,30H,5,7,11,13-14,16H2,(H,31,33)/t22-,23+,25+,26+,27+/m0/s1. The van der Waals surface area contributed by atoms with E-state index in [1.807, 2.05) is 48.7 Å². The molecule has 0 radical (unpaired) electrons. The van der Waals surface area contributed by atoms with Crippen LogP contribution in [0.4, 0.5) is 5.69 Å². The van der Waals surface area contributed by atoms with Gasteiger partial charge in [0.2, 0.25) is 5.91 Å². The molecule has 2 aromatic carbocycles. The number of carbonyl (C=O) groups excluding carboxylic acids is 2. The van der Waals surface area contributed by atoms with Crippen molar-refractivity contribution < 1.29 is 14.0 Å². The highest BCUT2D eigenvalue weighted by Crippen LogP contribution is 2.51. The van der Waals surface area contributed by atoms with Crippen molar-refractivity contribution >= 4 is 17.5 Å². The Morgan fingerprint density at radius 2 is 1.74 bits per heavy atom. The zero-order chi connectivity index (χ0) is 23.8. The fraction of sp³-hybridized carbons (Fsp3) is 0.379. The minimum absolute atomic E-state index is 0.0206. The fourth-order valence-electron chi connectivity index (χ4n) is 6.41. The van der Waals surface area contributed by atoms with Crippen molar-refractivity contribution in [3.63, 3.8) is 0 Å². The van der Waals surface area contributed by atoms with Crippen molar-refractivity contribution in [2.45, 2.75) is 50.2 Å². The third-order valence-corrected chi connectivity index (χ3v) is 8.08. The van der Waals surface area contributed by atoms with Gasteiger partial charge in [0.15, 0.2) is 0 Å². The predicted octanol–water partition coefficient (Wildman–Crippen LogP) is 5.32. The van der Waals surface area contributed by atoms with Gasteiger partial charge >= 0.3 is 0 Å². The van der Waals surface area contributed by atoms with E-state index in [0.29, 0.717) is 5.56 Å². The summed E-state index contributed by atoms with van der Waals surface area (Å²) in [5.41, 5.74) is 4.02. The van der Waals surface area contributed by atoms with E-state index < -0.39 is 0 Å². The van der Waals surface area contributed by atoms with E-state index in [2.05, 4.69) is 33.7 Å². The molecule has 2 aliphatic heterocycles. The second-order valence-corrected chi connectivity index (χ2v) is 10.0. The van der Waals surface area contributed by atoms with Gasteiger partial charge in [0.25, 0.3) is 5.91 Å². The predicted molar refractivity (Wildman–Crippen MR) is 134 cm³/mol. The van der Waals surface area contributed by atoms with Gasteiger partial charge < -0.3 is 20.0 Å². The van der Waals surface area contributed by atoms with E-state index in [1.165, 1.54) is 5.56 Å². The Morgan fingerprint density at radius 1 is 0.943 bits per heavy atom. The van der Waals surface area contributed by atoms with Crippen molar-refractivity contribution in [3.05, 3.63) is 89.9 Å². The number of likely N-dealkylation sites (tertiary alicyclic amines) is 1. The van der Waals surface area contributed by atoms with Gasteiger partial charge in [-0.15, -0.1) is 0 Å². The van der Waals surface area contributed by atoms with Gasteiger partial charge in [-0.05, 0) is 49.1 Å². The van der Waals surface area contributed by atoms with Gasteiger partial charge in [0.1, 0.15) is 0 Å². The van der Waals surface area contributed by atoms with Crippen LogP contribution < -0.4 is 10.6 Å². The minimum atomic E-state index is -0.190. The van der Waals surface area contributed by atoms with Crippen LogP contribution in [0.1, 0.15) is 65.7 Å². The molecule has 1 aromatic heterocycles.